The predicted octanol–water partition coefficient (Wildman–Crippen LogP) is 3.87. The summed E-state index contributed by atoms with van der Waals surface area (Å²) >= 11 is 0. The van der Waals surface area contributed by atoms with Crippen LogP contribution in [-0.2, 0) is 0 Å². The zero-order chi connectivity index (χ0) is 17.6. The van der Waals surface area contributed by atoms with Crippen molar-refractivity contribution in [1.82, 2.24) is 5.43 Å². The molecule has 0 aliphatic heterocycles. The summed E-state index contributed by atoms with van der Waals surface area (Å²) in [6.07, 6.45) is 0. The first-order valence-corrected chi connectivity index (χ1v) is 7.70. The Balaban J connectivity index is 1.97. The van der Waals surface area contributed by atoms with Crippen molar-refractivity contribution < 1.29 is 14.7 Å². The molecule has 3 rings (SSSR count). The van der Waals surface area contributed by atoms with Gasteiger partial charge >= 0.3 is 5.97 Å². The summed E-state index contributed by atoms with van der Waals surface area (Å²) in [6.45, 7) is 0. The minimum absolute atomic E-state index is 0.0407. The maximum absolute atomic E-state index is 12.7. The van der Waals surface area contributed by atoms with Gasteiger partial charge in [0.15, 0.2) is 0 Å². The van der Waals surface area contributed by atoms with Crippen molar-refractivity contribution in [3.05, 3.63) is 96.1 Å². The second-order valence-corrected chi connectivity index (χ2v) is 5.30. The normalized spacial score (nSPS) is 10.1. The smallest absolute Gasteiger partial charge is 0.336 e. The molecule has 1 amide bonds. The van der Waals surface area contributed by atoms with Crippen molar-refractivity contribution in [2.45, 2.75) is 0 Å². The van der Waals surface area contributed by atoms with E-state index in [1.54, 1.807) is 17.1 Å². The van der Waals surface area contributed by atoms with E-state index < -0.39 is 11.9 Å². The molecule has 5 heteroatoms. The Morgan fingerprint density at radius 3 is 1.60 bits per heavy atom. The highest BCUT2D eigenvalue weighted by molar-refractivity contribution is 6.05. The third-order valence-corrected chi connectivity index (χ3v) is 3.64. The topological polar surface area (TPSA) is 69.6 Å². The van der Waals surface area contributed by atoms with Gasteiger partial charge in [-0.3, -0.25) is 15.2 Å². The third kappa shape index (κ3) is 3.67. The number of para-hydroxylation sites is 2. The minimum atomic E-state index is -1.14. The molecular weight excluding hydrogens is 316 g/mol. The number of carboxylic acid groups (broad SMARTS) is 1. The number of hydrogen-bond acceptors (Lipinski definition) is 3. The van der Waals surface area contributed by atoms with E-state index in [4.69, 9.17) is 0 Å². The first-order valence-electron chi connectivity index (χ1n) is 7.70. The summed E-state index contributed by atoms with van der Waals surface area (Å²) < 4.78 is 0. The van der Waals surface area contributed by atoms with Gasteiger partial charge in [-0.25, -0.2) is 4.79 Å². The second kappa shape index (κ2) is 7.31. The number of rotatable bonds is 5. The highest BCUT2D eigenvalue weighted by atomic mass is 16.4. The predicted molar refractivity (Wildman–Crippen MR) is 95.9 cm³/mol. The number of carboxylic acids is 1. The third-order valence-electron chi connectivity index (χ3n) is 3.64. The molecule has 0 heterocycles. The Bertz CT molecular complexity index is 840. The van der Waals surface area contributed by atoms with Crippen LogP contribution in [0.25, 0.3) is 0 Å². The highest BCUT2D eigenvalue weighted by Crippen LogP contribution is 2.23. The monoisotopic (exact) mass is 332 g/mol. The van der Waals surface area contributed by atoms with Crippen LogP contribution in [0.2, 0.25) is 0 Å². The van der Waals surface area contributed by atoms with Gasteiger partial charge in [0, 0.05) is 0 Å². The summed E-state index contributed by atoms with van der Waals surface area (Å²) in [6, 6.07) is 24.8. The molecule has 5 nitrogen and oxygen atoms in total. The fourth-order valence-corrected chi connectivity index (χ4v) is 2.46. The number of nitrogens with zero attached hydrogens (tertiary/aromatic N) is 1. The number of carbonyl (C=O) groups is 2. The number of carbonyl (C=O) groups excluding carboxylic acids is 1. The van der Waals surface area contributed by atoms with Gasteiger partial charge in [0.1, 0.15) is 0 Å². The van der Waals surface area contributed by atoms with Crippen molar-refractivity contribution in [3.63, 3.8) is 0 Å². The van der Waals surface area contributed by atoms with Crippen LogP contribution < -0.4 is 10.4 Å². The molecule has 0 aromatic heterocycles. The summed E-state index contributed by atoms with van der Waals surface area (Å²) in [5, 5.41) is 10.9. The second-order valence-electron chi connectivity index (χ2n) is 5.30. The molecule has 0 bridgehead atoms. The molecule has 0 radical (unpaired) electrons. The SMILES string of the molecule is O=C(O)c1ccccc1C(=O)NN(c1ccccc1)c1ccccc1. The number of hydrazine groups is 1. The van der Waals surface area contributed by atoms with Gasteiger partial charge in [0.25, 0.3) is 5.91 Å². The van der Waals surface area contributed by atoms with Crippen LogP contribution in [0.1, 0.15) is 20.7 Å². The lowest BCUT2D eigenvalue weighted by molar-refractivity contribution is 0.0691. The lowest BCUT2D eigenvalue weighted by Gasteiger charge is -2.25. The van der Waals surface area contributed by atoms with Gasteiger partial charge in [-0.2, -0.15) is 0 Å². The fourth-order valence-electron chi connectivity index (χ4n) is 2.46. The molecule has 0 aliphatic carbocycles. The first kappa shape index (κ1) is 16.3. The van der Waals surface area contributed by atoms with Crippen LogP contribution in [-0.4, -0.2) is 17.0 Å². The van der Waals surface area contributed by atoms with E-state index in [0.717, 1.165) is 11.4 Å². The number of anilines is 2. The molecule has 0 fully saturated rings. The number of hydrogen-bond donors (Lipinski definition) is 2. The lowest BCUT2D eigenvalue weighted by atomic mass is 10.1. The van der Waals surface area contributed by atoms with Crippen molar-refractivity contribution in [2.24, 2.45) is 0 Å². The highest BCUT2D eigenvalue weighted by Gasteiger charge is 2.19. The van der Waals surface area contributed by atoms with Gasteiger partial charge < -0.3 is 5.11 Å². The molecule has 0 spiro atoms. The van der Waals surface area contributed by atoms with Crippen LogP contribution in [0.15, 0.2) is 84.9 Å². The Kier molecular flexibility index (Phi) is 4.76. The molecule has 25 heavy (non-hydrogen) atoms. The van der Waals surface area contributed by atoms with Crippen molar-refractivity contribution in [1.29, 1.82) is 0 Å². The van der Waals surface area contributed by atoms with Crippen molar-refractivity contribution in [3.8, 4) is 0 Å². The number of aromatic carboxylic acids is 1. The zero-order valence-electron chi connectivity index (χ0n) is 13.3. The summed E-state index contributed by atoms with van der Waals surface area (Å²) in [7, 11) is 0. The lowest BCUT2D eigenvalue weighted by Crippen LogP contribution is -2.39. The molecule has 3 aromatic carbocycles. The van der Waals surface area contributed by atoms with E-state index in [1.807, 2.05) is 60.7 Å². The largest absolute Gasteiger partial charge is 0.478 e. The number of nitrogens with one attached hydrogen (secondary N) is 1. The van der Waals surface area contributed by atoms with Crippen molar-refractivity contribution >= 4 is 23.3 Å². The minimum Gasteiger partial charge on any atom is -0.478 e. The van der Waals surface area contributed by atoms with Crippen molar-refractivity contribution in [2.75, 3.05) is 5.01 Å². The summed E-state index contributed by atoms with van der Waals surface area (Å²) in [5.74, 6) is -1.64. The Morgan fingerprint density at radius 2 is 1.12 bits per heavy atom. The van der Waals surface area contributed by atoms with E-state index in [1.165, 1.54) is 12.1 Å². The fraction of sp³-hybridized carbons (Fsp3) is 0. The van der Waals surface area contributed by atoms with Crippen LogP contribution in [0.5, 0.6) is 0 Å². The zero-order valence-corrected chi connectivity index (χ0v) is 13.3. The van der Waals surface area contributed by atoms with Crippen LogP contribution in [0.3, 0.4) is 0 Å². The van der Waals surface area contributed by atoms with E-state index in [0.29, 0.717) is 0 Å². The van der Waals surface area contributed by atoms with Gasteiger partial charge in [-0.15, -0.1) is 0 Å². The standard InChI is InChI=1S/C20H16N2O3/c23-19(17-13-7-8-14-18(17)20(24)25)21-22(15-9-3-1-4-10-15)16-11-5-2-6-12-16/h1-14H,(H,21,23)(H,24,25). The average molecular weight is 332 g/mol. The van der Waals surface area contributed by atoms with E-state index >= 15 is 0 Å². The molecule has 3 aromatic rings. The molecule has 0 atom stereocenters. The molecule has 124 valence electrons. The molecular formula is C20H16N2O3. The van der Waals surface area contributed by atoms with Gasteiger partial charge in [-0.1, -0.05) is 48.5 Å². The Labute approximate surface area is 145 Å². The van der Waals surface area contributed by atoms with Crippen LogP contribution in [0, 0.1) is 0 Å². The van der Waals surface area contributed by atoms with Gasteiger partial charge in [0.2, 0.25) is 0 Å². The molecule has 0 aliphatic rings. The number of amides is 1. The van der Waals surface area contributed by atoms with Crippen LogP contribution >= 0.6 is 0 Å². The van der Waals surface area contributed by atoms with Gasteiger partial charge in [-0.05, 0) is 36.4 Å². The number of benzene rings is 3. The first-order chi connectivity index (χ1) is 12.2. The van der Waals surface area contributed by atoms with E-state index in [2.05, 4.69) is 5.43 Å². The Morgan fingerprint density at radius 1 is 0.680 bits per heavy atom. The summed E-state index contributed by atoms with van der Waals surface area (Å²) in [4.78, 5) is 24.1. The maximum Gasteiger partial charge on any atom is 0.336 e. The molecule has 0 unspecified atom stereocenters. The molecule has 0 saturated carbocycles. The average Bonchev–Trinajstić information content (AvgIpc) is 2.67. The Hall–Kier alpha value is -3.60. The summed E-state index contributed by atoms with van der Waals surface area (Å²) in [5.41, 5.74) is 4.37. The van der Waals surface area contributed by atoms with E-state index in [9.17, 15) is 14.7 Å². The van der Waals surface area contributed by atoms with Crippen LogP contribution in [0.4, 0.5) is 11.4 Å². The molecule has 0 saturated heterocycles. The molecule has 2 N–H and O–H groups in total. The maximum atomic E-state index is 12.7. The quantitative estimate of drug-likeness (QED) is 0.696. The van der Waals surface area contributed by atoms with E-state index in [-0.39, 0.29) is 11.1 Å². The van der Waals surface area contributed by atoms with Gasteiger partial charge in [0.05, 0.1) is 22.5 Å².